The fourth-order valence-corrected chi connectivity index (χ4v) is 2.25. The van der Waals surface area contributed by atoms with Gasteiger partial charge in [0.1, 0.15) is 0 Å². The van der Waals surface area contributed by atoms with Crippen molar-refractivity contribution in [3.05, 3.63) is 29.1 Å². The van der Waals surface area contributed by atoms with Crippen LogP contribution < -0.4 is 4.74 Å². The summed E-state index contributed by atoms with van der Waals surface area (Å²) in [6, 6.07) is 3.12. The first-order valence-electron chi connectivity index (χ1n) is 5.00. The third kappa shape index (κ3) is 1.42. The smallest absolute Gasteiger partial charge is 0.165 e. The van der Waals surface area contributed by atoms with Crippen LogP contribution >= 0.6 is 0 Å². The molecule has 0 bridgehead atoms. The zero-order chi connectivity index (χ0) is 11.2. The van der Waals surface area contributed by atoms with Crippen LogP contribution in [0.1, 0.15) is 31.1 Å². The summed E-state index contributed by atoms with van der Waals surface area (Å²) in [5, 5.41) is 10.1. The predicted molar refractivity (Wildman–Crippen MR) is 55.4 cm³/mol. The van der Waals surface area contributed by atoms with Crippen LogP contribution in [0.4, 0.5) is 4.39 Å². The van der Waals surface area contributed by atoms with Crippen LogP contribution in [0.2, 0.25) is 0 Å². The number of methoxy groups -OCH3 is 1. The minimum absolute atomic E-state index is 0.186. The Morgan fingerprint density at radius 1 is 1.47 bits per heavy atom. The van der Waals surface area contributed by atoms with Crippen molar-refractivity contribution in [2.75, 3.05) is 7.11 Å². The van der Waals surface area contributed by atoms with Crippen molar-refractivity contribution in [2.24, 2.45) is 5.41 Å². The molecule has 0 saturated heterocycles. The second-order valence-electron chi connectivity index (χ2n) is 4.72. The maximum atomic E-state index is 13.4. The summed E-state index contributed by atoms with van der Waals surface area (Å²) in [5.74, 6) is -0.224. The van der Waals surface area contributed by atoms with Gasteiger partial charge >= 0.3 is 0 Å². The molecule has 0 aromatic heterocycles. The van der Waals surface area contributed by atoms with Gasteiger partial charge in [0.2, 0.25) is 0 Å². The minimum Gasteiger partial charge on any atom is -0.493 e. The fourth-order valence-electron chi connectivity index (χ4n) is 2.25. The summed E-state index contributed by atoms with van der Waals surface area (Å²) in [6.45, 7) is 3.93. The van der Waals surface area contributed by atoms with E-state index in [1.165, 1.54) is 13.2 Å². The van der Waals surface area contributed by atoms with Gasteiger partial charge in [-0.1, -0.05) is 19.9 Å². The zero-order valence-electron chi connectivity index (χ0n) is 9.17. The first-order valence-corrected chi connectivity index (χ1v) is 5.00. The van der Waals surface area contributed by atoms with Crippen LogP contribution in [-0.4, -0.2) is 12.2 Å². The van der Waals surface area contributed by atoms with E-state index in [1.54, 1.807) is 6.07 Å². The molecule has 2 nitrogen and oxygen atoms in total. The lowest BCUT2D eigenvalue weighted by molar-refractivity contribution is 0.0644. The molecule has 0 fully saturated rings. The van der Waals surface area contributed by atoms with Crippen molar-refractivity contribution in [2.45, 2.75) is 26.4 Å². The van der Waals surface area contributed by atoms with Gasteiger partial charge in [-0.15, -0.1) is 0 Å². The molecule has 0 aliphatic heterocycles. The summed E-state index contributed by atoms with van der Waals surface area (Å²) in [7, 11) is 1.43. The molecule has 1 N–H and O–H groups in total. The van der Waals surface area contributed by atoms with E-state index in [4.69, 9.17) is 4.74 Å². The molecule has 2 rings (SSSR count). The molecule has 1 aromatic rings. The molecule has 0 heterocycles. The first kappa shape index (κ1) is 10.4. The maximum Gasteiger partial charge on any atom is 0.165 e. The second-order valence-corrected chi connectivity index (χ2v) is 4.72. The van der Waals surface area contributed by atoms with E-state index in [9.17, 15) is 9.50 Å². The number of fused-ring (bicyclic) bond motifs is 1. The Morgan fingerprint density at radius 3 is 2.73 bits per heavy atom. The highest BCUT2D eigenvalue weighted by Gasteiger charge is 2.40. The largest absolute Gasteiger partial charge is 0.493 e. The van der Waals surface area contributed by atoms with Crippen LogP contribution in [0.5, 0.6) is 5.75 Å². The van der Waals surface area contributed by atoms with Crippen molar-refractivity contribution >= 4 is 0 Å². The van der Waals surface area contributed by atoms with E-state index < -0.39 is 11.9 Å². The highest BCUT2D eigenvalue weighted by Crippen LogP contribution is 2.49. The monoisotopic (exact) mass is 210 g/mol. The second kappa shape index (κ2) is 3.20. The van der Waals surface area contributed by atoms with Gasteiger partial charge in [0.25, 0.3) is 0 Å². The summed E-state index contributed by atoms with van der Waals surface area (Å²) >= 11 is 0. The number of aliphatic hydroxyl groups excluding tert-OH is 1. The number of halogens is 1. The summed E-state index contributed by atoms with van der Waals surface area (Å²) in [4.78, 5) is 0. The molecule has 1 atom stereocenters. The van der Waals surface area contributed by atoms with Crippen molar-refractivity contribution in [3.63, 3.8) is 0 Å². The normalized spacial score (nSPS) is 22.6. The number of hydrogen-bond donors (Lipinski definition) is 1. The van der Waals surface area contributed by atoms with Crippen LogP contribution in [0.3, 0.4) is 0 Å². The summed E-state index contributed by atoms with van der Waals surface area (Å²) in [6.07, 6.45) is 0.0956. The highest BCUT2D eigenvalue weighted by atomic mass is 19.1. The quantitative estimate of drug-likeness (QED) is 0.771. The topological polar surface area (TPSA) is 29.5 Å². The number of rotatable bonds is 1. The lowest BCUT2D eigenvalue weighted by Gasteiger charge is -2.22. The Kier molecular flexibility index (Phi) is 2.23. The average Bonchev–Trinajstić information content (AvgIpc) is 2.40. The molecule has 1 aliphatic carbocycles. The SMILES string of the molecule is COc1c(F)ccc2c1C(O)C(C)(C)C2. The molecule has 1 aromatic carbocycles. The number of aliphatic hydroxyl groups is 1. The standard InChI is InChI=1S/C12H15FO2/c1-12(2)6-7-4-5-8(13)10(15-3)9(7)11(12)14/h4-5,11,14H,6H2,1-3H3. The van der Waals surface area contributed by atoms with Gasteiger partial charge in [0.05, 0.1) is 13.2 Å². The molecule has 15 heavy (non-hydrogen) atoms. The molecule has 0 saturated carbocycles. The van der Waals surface area contributed by atoms with Gasteiger partial charge in [-0.3, -0.25) is 0 Å². The predicted octanol–water partition coefficient (Wildman–Crippen LogP) is 2.45. The van der Waals surface area contributed by atoms with Gasteiger partial charge in [-0.25, -0.2) is 4.39 Å². The molecular formula is C12H15FO2. The Balaban J connectivity index is 2.61. The van der Waals surface area contributed by atoms with Crippen molar-refractivity contribution in [1.82, 2.24) is 0 Å². The van der Waals surface area contributed by atoms with Crippen LogP contribution in [0.15, 0.2) is 12.1 Å². The van der Waals surface area contributed by atoms with Crippen molar-refractivity contribution in [1.29, 1.82) is 0 Å². The molecule has 1 unspecified atom stereocenters. The maximum absolute atomic E-state index is 13.4. The van der Waals surface area contributed by atoms with Crippen molar-refractivity contribution in [3.8, 4) is 5.75 Å². The molecule has 82 valence electrons. The Morgan fingerprint density at radius 2 is 2.13 bits per heavy atom. The number of benzene rings is 1. The molecule has 3 heteroatoms. The molecule has 1 aliphatic rings. The van der Waals surface area contributed by atoms with Crippen LogP contribution in [-0.2, 0) is 6.42 Å². The van der Waals surface area contributed by atoms with E-state index in [2.05, 4.69) is 0 Å². The van der Waals surface area contributed by atoms with Gasteiger partial charge in [-0.2, -0.15) is 0 Å². The van der Waals surface area contributed by atoms with E-state index in [1.807, 2.05) is 13.8 Å². The van der Waals surface area contributed by atoms with Gasteiger partial charge < -0.3 is 9.84 Å². The molecule has 0 radical (unpaired) electrons. The van der Waals surface area contributed by atoms with Gasteiger partial charge in [-0.05, 0) is 23.5 Å². The van der Waals surface area contributed by atoms with Gasteiger partial charge in [0, 0.05) is 5.56 Å². The zero-order valence-corrected chi connectivity index (χ0v) is 9.17. The Hall–Kier alpha value is -1.09. The lowest BCUT2D eigenvalue weighted by atomic mass is 9.87. The Labute approximate surface area is 88.7 Å². The van der Waals surface area contributed by atoms with Crippen LogP contribution in [0.25, 0.3) is 0 Å². The van der Waals surface area contributed by atoms with E-state index in [0.29, 0.717) is 5.56 Å². The van der Waals surface area contributed by atoms with Crippen molar-refractivity contribution < 1.29 is 14.2 Å². The van der Waals surface area contributed by atoms with Gasteiger partial charge in [0.15, 0.2) is 11.6 Å². The van der Waals surface area contributed by atoms with E-state index in [0.717, 1.165) is 12.0 Å². The third-order valence-electron chi connectivity index (χ3n) is 3.10. The summed E-state index contributed by atoms with van der Waals surface area (Å²) in [5.41, 5.74) is 1.34. The summed E-state index contributed by atoms with van der Waals surface area (Å²) < 4.78 is 18.5. The number of ether oxygens (including phenoxy) is 1. The number of hydrogen-bond acceptors (Lipinski definition) is 2. The molecule has 0 spiro atoms. The minimum atomic E-state index is -0.654. The van der Waals surface area contributed by atoms with E-state index in [-0.39, 0.29) is 11.2 Å². The Bertz CT molecular complexity index is 399. The lowest BCUT2D eigenvalue weighted by Crippen LogP contribution is -2.17. The molecular weight excluding hydrogens is 195 g/mol. The fraction of sp³-hybridized carbons (Fsp3) is 0.500. The van der Waals surface area contributed by atoms with E-state index >= 15 is 0 Å². The highest BCUT2D eigenvalue weighted by molar-refractivity contribution is 5.47. The van der Waals surface area contributed by atoms with Crippen LogP contribution in [0, 0.1) is 11.2 Å². The average molecular weight is 210 g/mol. The first-order chi connectivity index (χ1) is 6.97. The third-order valence-corrected chi connectivity index (χ3v) is 3.10. The molecule has 0 amide bonds.